The molecule has 0 aromatic heterocycles. The van der Waals surface area contributed by atoms with Crippen LogP contribution in [0.2, 0.25) is 0 Å². The largest absolute Gasteiger partial charge is 0.377 e. The van der Waals surface area contributed by atoms with Gasteiger partial charge in [0.25, 0.3) is 0 Å². The molecular weight excluding hydrogens is 473 g/mol. The van der Waals surface area contributed by atoms with Crippen LogP contribution in [-0.4, -0.2) is 67.3 Å². The van der Waals surface area contributed by atoms with Crippen molar-refractivity contribution >= 4 is 32.9 Å². The van der Waals surface area contributed by atoms with E-state index in [1.807, 2.05) is 5.48 Å². The van der Waals surface area contributed by atoms with Crippen molar-refractivity contribution in [2.45, 2.75) is 58.5 Å². The van der Waals surface area contributed by atoms with Gasteiger partial charge in [-0.1, -0.05) is 26.0 Å². The lowest BCUT2D eigenvalue weighted by Gasteiger charge is -2.37. The fourth-order valence-electron chi connectivity index (χ4n) is 5.10. The minimum absolute atomic E-state index is 0. The van der Waals surface area contributed by atoms with Crippen LogP contribution in [0.3, 0.4) is 0 Å². The van der Waals surface area contributed by atoms with Crippen LogP contribution in [0.4, 0.5) is 4.39 Å². The Balaban J connectivity index is 0.00000363. The number of hydrogen-bond acceptors (Lipinski definition) is 5. The molecule has 3 rings (SSSR count). The normalized spacial score (nSPS) is 20.7. The van der Waals surface area contributed by atoms with Crippen molar-refractivity contribution in [3.63, 3.8) is 0 Å². The minimum Gasteiger partial charge on any atom is -0.377 e. The second kappa shape index (κ2) is 17.6. The summed E-state index contributed by atoms with van der Waals surface area (Å²) in [6.45, 7) is 6.63. The van der Waals surface area contributed by atoms with Crippen molar-refractivity contribution in [3.8, 4) is 0 Å². The summed E-state index contributed by atoms with van der Waals surface area (Å²) in [5.41, 5.74) is 2.66. The van der Waals surface area contributed by atoms with E-state index in [1.165, 1.54) is 63.9 Å². The van der Waals surface area contributed by atoms with E-state index in [9.17, 15) is 14.4 Å². The van der Waals surface area contributed by atoms with E-state index in [-0.39, 0.29) is 58.2 Å². The fourth-order valence-corrected chi connectivity index (χ4v) is 5.10. The number of hydroxylamine groups is 1. The van der Waals surface area contributed by atoms with Crippen LogP contribution in [0.25, 0.3) is 0 Å². The minimum atomic E-state index is -0.383. The first-order chi connectivity index (χ1) is 15.1. The third kappa shape index (κ3) is 10.4. The number of likely N-dealkylation sites (tertiary alicyclic amines) is 2. The summed E-state index contributed by atoms with van der Waals surface area (Å²) >= 11 is 0. The van der Waals surface area contributed by atoms with E-state index in [0.717, 1.165) is 25.2 Å². The highest BCUT2D eigenvalue weighted by molar-refractivity contribution is 7.59. The summed E-state index contributed by atoms with van der Waals surface area (Å²) in [7, 11) is 1.60. The number of carbonyl (C=O) groups excluding carboxylic acids is 1. The lowest BCUT2D eigenvalue weighted by Crippen LogP contribution is -2.43. The molecule has 2 fully saturated rings. The molecule has 2 aliphatic rings. The maximum Gasteiger partial charge on any atom is 0.246 e. The molecule has 2 saturated heterocycles. The fraction of sp³-hybridized carbons (Fsp3) is 0.720. The molecule has 1 aromatic rings. The Morgan fingerprint density at radius 2 is 1.76 bits per heavy atom. The standard InChI is InChI=1S/C24H38FN3O3.CH4.2H2S/c1-31-23(20-7-9-22(25)10-8-20)16-21(24(29)26-30)11-15-28-14-5-6-19(18-28)17-27-12-3-2-4-13-27;;;/h7-10,19,21,23,30H,2-6,11-18H2,1H3,(H,26,29);1H4;2*1H2/t19-,21-,23+;;;/m0.../s1. The predicted octanol–water partition coefficient (Wildman–Crippen LogP) is 4.47. The topological polar surface area (TPSA) is 65.0 Å². The Morgan fingerprint density at radius 3 is 2.38 bits per heavy atom. The van der Waals surface area contributed by atoms with E-state index in [1.54, 1.807) is 19.2 Å². The van der Waals surface area contributed by atoms with E-state index >= 15 is 0 Å². The molecule has 0 bridgehead atoms. The summed E-state index contributed by atoms with van der Waals surface area (Å²) in [6.07, 6.45) is 7.27. The lowest BCUT2D eigenvalue weighted by molar-refractivity contribution is -0.135. The molecule has 2 heterocycles. The summed E-state index contributed by atoms with van der Waals surface area (Å²) in [5, 5.41) is 9.25. The molecule has 1 aromatic carbocycles. The Bertz CT molecular complexity index is 678. The van der Waals surface area contributed by atoms with Gasteiger partial charge in [-0.2, -0.15) is 27.0 Å². The highest BCUT2D eigenvalue weighted by Gasteiger charge is 2.27. The van der Waals surface area contributed by atoms with Gasteiger partial charge in [0.1, 0.15) is 5.82 Å². The van der Waals surface area contributed by atoms with E-state index in [4.69, 9.17) is 4.74 Å². The molecule has 9 heteroatoms. The predicted molar refractivity (Wildman–Crippen MR) is 146 cm³/mol. The molecule has 2 aliphatic heterocycles. The molecule has 198 valence electrons. The number of rotatable bonds is 10. The van der Waals surface area contributed by atoms with Crippen LogP contribution in [-0.2, 0) is 9.53 Å². The van der Waals surface area contributed by atoms with E-state index < -0.39 is 0 Å². The van der Waals surface area contributed by atoms with Gasteiger partial charge in [0.15, 0.2) is 0 Å². The van der Waals surface area contributed by atoms with Crippen LogP contribution < -0.4 is 5.48 Å². The smallest absolute Gasteiger partial charge is 0.246 e. The van der Waals surface area contributed by atoms with Gasteiger partial charge in [-0.15, -0.1) is 0 Å². The molecule has 0 unspecified atom stereocenters. The maximum atomic E-state index is 13.3. The van der Waals surface area contributed by atoms with Crippen LogP contribution in [0.1, 0.15) is 64.0 Å². The second-order valence-corrected chi connectivity index (χ2v) is 9.14. The zero-order chi connectivity index (χ0) is 22.1. The molecule has 2 N–H and O–H groups in total. The van der Waals surface area contributed by atoms with Gasteiger partial charge in [-0.05, 0) is 88.3 Å². The highest BCUT2D eigenvalue weighted by atomic mass is 32.1. The summed E-state index contributed by atoms with van der Waals surface area (Å²) < 4.78 is 18.9. The number of hydrogen-bond donors (Lipinski definition) is 2. The molecule has 3 atom stereocenters. The Kier molecular flexibility index (Phi) is 17.1. The maximum absolute atomic E-state index is 13.3. The van der Waals surface area contributed by atoms with Crippen molar-refractivity contribution in [3.05, 3.63) is 35.6 Å². The van der Waals surface area contributed by atoms with Gasteiger partial charge in [-0.3, -0.25) is 10.0 Å². The highest BCUT2D eigenvalue weighted by Crippen LogP contribution is 2.28. The van der Waals surface area contributed by atoms with Crippen molar-refractivity contribution in [1.29, 1.82) is 0 Å². The van der Waals surface area contributed by atoms with E-state index in [2.05, 4.69) is 9.80 Å². The Hall–Kier alpha value is -0.840. The number of carbonyl (C=O) groups is 1. The SMILES string of the molecule is C.CO[C@H](C[C@H](CCN1CCC[C@@H](CN2CCCCC2)C1)C(=O)NO)c1ccc(F)cc1.S.S. The average molecular weight is 520 g/mol. The summed E-state index contributed by atoms with van der Waals surface area (Å²) in [5.74, 6) is -0.358. The Labute approximate surface area is 219 Å². The van der Waals surface area contributed by atoms with Crippen LogP contribution in [0.15, 0.2) is 24.3 Å². The first-order valence-corrected chi connectivity index (χ1v) is 11.8. The number of nitrogens with one attached hydrogen (secondary N) is 1. The number of ether oxygens (including phenoxy) is 1. The van der Waals surface area contributed by atoms with Crippen LogP contribution >= 0.6 is 27.0 Å². The zero-order valence-electron chi connectivity index (χ0n) is 19.8. The quantitative estimate of drug-likeness (QED) is 0.353. The molecule has 0 aliphatic carbocycles. The number of halogens is 1. The van der Waals surface area contributed by atoms with Gasteiger partial charge in [0, 0.05) is 26.1 Å². The van der Waals surface area contributed by atoms with Gasteiger partial charge < -0.3 is 14.5 Å². The van der Waals surface area contributed by atoms with Gasteiger partial charge in [0.2, 0.25) is 5.91 Å². The number of benzene rings is 1. The van der Waals surface area contributed by atoms with Crippen molar-refractivity contribution in [1.82, 2.24) is 15.3 Å². The van der Waals surface area contributed by atoms with Gasteiger partial charge in [-0.25, -0.2) is 9.87 Å². The van der Waals surface area contributed by atoms with Crippen molar-refractivity contribution in [2.75, 3.05) is 46.4 Å². The van der Waals surface area contributed by atoms with Crippen molar-refractivity contribution < 1.29 is 19.1 Å². The molecule has 34 heavy (non-hydrogen) atoms. The number of nitrogens with zero attached hydrogens (tertiary/aromatic N) is 2. The van der Waals surface area contributed by atoms with Crippen molar-refractivity contribution in [2.24, 2.45) is 11.8 Å². The first-order valence-electron chi connectivity index (χ1n) is 11.8. The average Bonchev–Trinajstić information content (AvgIpc) is 2.80. The second-order valence-electron chi connectivity index (χ2n) is 9.14. The monoisotopic (exact) mass is 519 g/mol. The molecule has 0 radical (unpaired) electrons. The zero-order valence-corrected chi connectivity index (χ0v) is 21.8. The molecular formula is C25H46FN3O3S2. The van der Waals surface area contributed by atoms with E-state index in [0.29, 0.717) is 18.8 Å². The van der Waals surface area contributed by atoms with Gasteiger partial charge >= 0.3 is 0 Å². The molecule has 0 spiro atoms. The molecule has 0 saturated carbocycles. The third-order valence-electron chi connectivity index (χ3n) is 6.87. The number of methoxy groups -OCH3 is 1. The van der Waals surface area contributed by atoms with Crippen LogP contribution in [0, 0.1) is 17.7 Å². The molecule has 1 amide bonds. The number of piperidine rings is 2. The third-order valence-corrected chi connectivity index (χ3v) is 6.87. The molecule has 6 nitrogen and oxygen atoms in total. The van der Waals surface area contributed by atoms with Gasteiger partial charge in [0.05, 0.1) is 6.10 Å². The first kappa shape index (κ1) is 33.2. The van der Waals surface area contributed by atoms with Crippen LogP contribution in [0.5, 0.6) is 0 Å². The summed E-state index contributed by atoms with van der Waals surface area (Å²) in [6, 6.07) is 6.18. The lowest BCUT2D eigenvalue weighted by atomic mass is 9.92. The summed E-state index contributed by atoms with van der Waals surface area (Å²) in [4.78, 5) is 17.4. The number of amides is 1. The Morgan fingerprint density at radius 1 is 1.12 bits per heavy atom.